The molecule has 1 aromatic heterocycles. The third-order valence-electron chi connectivity index (χ3n) is 4.34. The maximum absolute atomic E-state index is 12.9. The lowest BCUT2D eigenvalue weighted by Crippen LogP contribution is -2.29. The van der Waals surface area contributed by atoms with E-state index in [0.29, 0.717) is 20.6 Å². The highest BCUT2D eigenvalue weighted by atomic mass is 35.5. The van der Waals surface area contributed by atoms with Crippen LogP contribution in [-0.4, -0.2) is 22.6 Å². The number of imide groups is 1. The molecular formula is C20H14ClN3O3S. The highest BCUT2D eigenvalue weighted by molar-refractivity contribution is 7.18. The number of nitrogens with one attached hydrogen (secondary N) is 1. The quantitative estimate of drug-likeness (QED) is 0.500. The van der Waals surface area contributed by atoms with E-state index in [4.69, 9.17) is 17.3 Å². The van der Waals surface area contributed by atoms with Crippen molar-refractivity contribution in [3.63, 3.8) is 0 Å². The number of carbonyl (C=O) groups excluding carboxylic acids is 3. The number of fused-ring (bicyclic) bond motifs is 1. The van der Waals surface area contributed by atoms with Crippen LogP contribution in [0.15, 0.2) is 54.6 Å². The minimum atomic E-state index is -0.456. The van der Waals surface area contributed by atoms with Gasteiger partial charge in [-0.15, -0.1) is 11.3 Å². The number of nitrogens with zero attached hydrogens (tertiary/aromatic N) is 1. The molecule has 0 fully saturated rings. The number of halogens is 1. The van der Waals surface area contributed by atoms with Gasteiger partial charge >= 0.3 is 0 Å². The van der Waals surface area contributed by atoms with Gasteiger partial charge in [0.25, 0.3) is 17.7 Å². The van der Waals surface area contributed by atoms with E-state index in [1.165, 1.54) is 0 Å². The van der Waals surface area contributed by atoms with Gasteiger partial charge in [-0.25, -0.2) is 0 Å². The summed E-state index contributed by atoms with van der Waals surface area (Å²) >= 11 is 7.01. The lowest BCUT2D eigenvalue weighted by Gasteiger charge is -2.14. The molecule has 0 spiro atoms. The van der Waals surface area contributed by atoms with E-state index in [1.54, 1.807) is 54.6 Å². The molecule has 0 radical (unpaired) electrons. The lowest BCUT2D eigenvalue weighted by molar-refractivity contribution is 0.0642. The van der Waals surface area contributed by atoms with Crippen molar-refractivity contribution in [2.24, 2.45) is 0 Å². The molecule has 3 N–H and O–H groups in total. The lowest BCUT2D eigenvalue weighted by atomic mass is 10.1. The fraction of sp³-hybridized carbons (Fsp3) is 0.0500. The van der Waals surface area contributed by atoms with Crippen molar-refractivity contribution in [2.75, 3.05) is 11.1 Å². The average Bonchev–Trinajstić information content (AvgIpc) is 3.20. The molecule has 0 atom stereocenters. The zero-order valence-electron chi connectivity index (χ0n) is 14.4. The summed E-state index contributed by atoms with van der Waals surface area (Å²) in [5.41, 5.74) is 7.81. The zero-order valence-corrected chi connectivity index (χ0v) is 16.0. The number of rotatable bonds is 4. The average molecular weight is 412 g/mol. The Balaban J connectivity index is 1.63. The molecule has 1 aliphatic rings. The van der Waals surface area contributed by atoms with E-state index < -0.39 is 11.8 Å². The Morgan fingerprint density at radius 3 is 2.57 bits per heavy atom. The van der Waals surface area contributed by atoms with E-state index in [0.717, 1.165) is 21.8 Å². The van der Waals surface area contributed by atoms with Crippen molar-refractivity contribution in [1.82, 2.24) is 4.90 Å². The van der Waals surface area contributed by atoms with Gasteiger partial charge < -0.3 is 11.1 Å². The van der Waals surface area contributed by atoms with Crippen molar-refractivity contribution >= 4 is 52.0 Å². The van der Waals surface area contributed by atoms with E-state index >= 15 is 0 Å². The van der Waals surface area contributed by atoms with Gasteiger partial charge in [0.1, 0.15) is 0 Å². The number of carbonyl (C=O) groups is 3. The van der Waals surface area contributed by atoms with Crippen molar-refractivity contribution in [3.05, 3.63) is 80.5 Å². The van der Waals surface area contributed by atoms with Crippen LogP contribution in [0.4, 0.5) is 11.4 Å². The predicted molar refractivity (Wildman–Crippen MR) is 109 cm³/mol. The fourth-order valence-electron chi connectivity index (χ4n) is 3.08. The Labute approximate surface area is 169 Å². The van der Waals surface area contributed by atoms with Crippen molar-refractivity contribution < 1.29 is 14.4 Å². The van der Waals surface area contributed by atoms with E-state index in [1.807, 2.05) is 0 Å². The van der Waals surface area contributed by atoms with Crippen LogP contribution in [-0.2, 0) is 6.54 Å². The Morgan fingerprint density at radius 1 is 1.07 bits per heavy atom. The van der Waals surface area contributed by atoms with Gasteiger partial charge in [0.15, 0.2) is 0 Å². The van der Waals surface area contributed by atoms with Crippen molar-refractivity contribution in [2.45, 2.75) is 6.54 Å². The number of nitrogen functional groups attached to an aromatic ring is 1. The van der Waals surface area contributed by atoms with Gasteiger partial charge in [0, 0.05) is 5.69 Å². The second-order valence-electron chi connectivity index (χ2n) is 6.23. The number of anilines is 2. The molecule has 8 heteroatoms. The Kier molecular flexibility index (Phi) is 4.62. The number of benzene rings is 2. The fourth-order valence-corrected chi connectivity index (χ4v) is 4.01. The highest BCUT2D eigenvalue weighted by Gasteiger charge is 2.37. The van der Waals surface area contributed by atoms with Crippen LogP contribution in [0, 0.1) is 0 Å². The third kappa shape index (κ3) is 3.26. The maximum atomic E-state index is 12.9. The monoisotopic (exact) mass is 411 g/mol. The van der Waals surface area contributed by atoms with Gasteiger partial charge in [-0.05, 0) is 42.0 Å². The van der Waals surface area contributed by atoms with Gasteiger partial charge in [0.2, 0.25) is 0 Å². The van der Waals surface area contributed by atoms with Gasteiger partial charge in [-0.1, -0.05) is 29.8 Å². The van der Waals surface area contributed by atoms with Crippen LogP contribution in [0.25, 0.3) is 0 Å². The van der Waals surface area contributed by atoms with Crippen LogP contribution >= 0.6 is 22.9 Å². The summed E-state index contributed by atoms with van der Waals surface area (Å²) in [6, 6.07) is 15.0. The summed E-state index contributed by atoms with van der Waals surface area (Å²) < 4.78 is 0.489. The van der Waals surface area contributed by atoms with Crippen molar-refractivity contribution in [1.29, 1.82) is 0 Å². The minimum absolute atomic E-state index is 0.102. The summed E-state index contributed by atoms with van der Waals surface area (Å²) in [6.07, 6.45) is 0. The second-order valence-corrected chi connectivity index (χ2v) is 7.94. The first-order valence-electron chi connectivity index (χ1n) is 8.34. The first-order chi connectivity index (χ1) is 13.4. The second kappa shape index (κ2) is 7.10. The summed E-state index contributed by atoms with van der Waals surface area (Å²) in [4.78, 5) is 39.7. The van der Waals surface area contributed by atoms with Gasteiger partial charge in [-0.2, -0.15) is 0 Å². The molecule has 0 aliphatic carbocycles. The molecule has 140 valence electrons. The predicted octanol–water partition coefficient (Wildman–Crippen LogP) is 4.03. The first-order valence-corrected chi connectivity index (χ1v) is 9.54. The van der Waals surface area contributed by atoms with Crippen LogP contribution in [0.5, 0.6) is 0 Å². The van der Waals surface area contributed by atoms with Gasteiger partial charge in [-0.3, -0.25) is 19.3 Å². The molecule has 3 aromatic rings. The molecular weight excluding hydrogens is 398 g/mol. The Morgan fingerprint density at radius 2 is 1.86 bits per heavy atom. The highest BCUT2D eigenvalue weighted by Crippen LogP contribution is 2.31. The SMILES string of the molecule is Nc1cccc(CN2C(=O)c3cccc(NC(=O)c4ccc(Cl)s4)c3C2=O)c1. The maximum Gasteiger partial charge on any atom is 0.265 e. The van der Waals surface area contributed by atoms with E-state index in [-0.39, 0.29) is 23.6 Å². The molecule has 4 rings (SSSR count). The molecule has 1 aliphatic heterocycles. The Bertz CT molecular complexity index is 1130. The van der Waals surface area contributed by atoms with Crippen molar-refractivity contribution in [3.8, 4) is 0 Å². The normalized spacial score (nSPS) is 13.0. The van der Waals surface area contributed by atoms with Gasteiger partial charge in [0.05, 0.1) is 32.6 Å². The van der Waals surface area contributed by atoms with Crippen LogP contribution in [0.2, 0.25) is 4.34 Å². The summed E-state index contributed by atoms with van der Waals surface area (Å²) in [7, 11) is 0. The van der Waals surface area contributed by atoms with E-state index in [2.05, 4.69) is 5.32 Å². The summed E-state index contributed by atoms with van der Waals surface area (Å²) in [5, 5.41) is 2.71. The molecule has 6 nitrogen and oxygen atoms in total. The Hall–Kier alpha value is -3.16. The number of amides is 3. The number of hydrogen-bond acceptors (Lipinski definition) is 5. The smallest absolute Gasteiger partial charge is 0.265 e. The molecule has 2 aromatic carbocycles. The molecule has 3 amide bonds. The molecule has 0 saturated carbocycles. The minimum Gasteiger partial charge on any atom is -0.399 e. The molecule has 0 bridgehead atoms. The number of hydrogen-bond donors (Lipinski definition) is 2. The summed E-state index contributed by atoms with van der Waals surface area (Å²) in [5.74, 6) is -1.25. The topological polar surface area (TPSA) is 92.5 Å². The summed E-state index contributed by atoms with van der Waals surface area (Å²) in [6.45, 7) is 0.102. The largest absolute Gasteiger partial charge is 0.399 e. The third-order valence-corrected chi connectivity index (χ3v) is 5.57. The van der Waals surface area contributed by atoms with Crippen LogP contribution in [0.3, 0.4) is 0 Å². The van der Waals surface area contributed by atoms with Crippen LogP contribution in [0.1, 0.15) is 36.0 Å². The zero-order chi connectivity index (χ0) is 19.8. The molecule has 0 saturated heterocycles. The molecule has 2 heterocycles. The number of thiophene rings is 1. The number of nitrogens with two attached hydrogens (primary N) is 1. The van der Waals surface area contributed by atoms with E-state index in [9.17, 15) is 14.4 Å². The first kappa shape index (κ1) is 18.2. The molecule has 0 unspecified atom stereocenters. The van der Waals surface area contributed by atoms with Crippen LogP contribution < -0.4 is 11.1 Å². The molecule has 28 heavy (non-hydrogen) atoms. The standard InChI is InChI=1S/C20H14ClN3O3S/c21-16-8-7-15(28-16)18(25)23-14-6-2-5-13-17(14)20(27)24(19(13)26)10-11-3-1-4-12(22)9-11/h1-9H,10,22H2,(H,23,25).